The number of hydrogen-bond acceptors (Lipinski definition) is 6. The number of carbonyl (C=O) groups is 2. The molecule has 0 aliphatic carbocycles. The highest BCUT2D eigenvalue weighted by atomic mass is 16.5. The molecule has 138 valence electrons. The molecule has 0 spiro atoms. The van der Waals surface area contributed by atoms with Crippen LogP contribution in [0.2, 0.25) is 0 Å². The molecule has 0 N–H and O–H groups in total. The first-order valence-corrected chi connectivity index (χ1v) is 8.61. The van der Waals surface area contributed by atoms with E-state index in [2.05, 4.69) is 10.3 Å². The molecule has 0 amide bonds. The summed E-state index contributed by atoms with van der Waals surface area (Å²) in [6.07, 6.45) is 0. The average Bonchev–Trinajstić information content (AvgIpc) is 3.14. The Labute approximate surface area is 156 Å². The molecule has 2 aromatic carbocycles. The number of benzene rings is 2. The van der Waals surface area contributed by atoms with Gasteiger partial charge in [-0.1, -0.05) is 35.5 Å². The second kappa shape index (κ2) is 8.27. The summed E-state index contributed by atoms with van der Waals surface area (Å²) in [6, 6.07) is 16.1. The van der Waals surface area contributed by atoms with Crippen molar-refractivity contribution in [3.63, 3.8) is 0 Å². The summed E-state index contributed by atoms with van der Waals surface area (Å²) in [4.78, 5) is 24.1. The zero-order valence-corrected chi connectivity index (χ0v) is 15.1. The van der Waals surface area contributed by atoms with Crippen LogP contribution in [-0.2, 0) is 9.47 Å². The SMILES string of the molecule is CCOC(=O)c1ccc(-n2nnc(C(=O)OCC)c2-c2ccccc2)cc1. The van der Waals surface area contributed by atoms with E-state index in [-0.39, 0.29) is 12.3 Å². The summed E-state index contributed by atoms with van der Waals surface area (Å²) in [5.41, 5.74) is 2.54. The van der Waals surface area contributed by atoms with Crippen LogP contribution in [-0.4, -0.2) is 40.1 Å². The molecule has 0 radical (unpaired) electrons. The quantitative estimate of drug-likeness (QED) is 0.623. The molecule has 0 bridgehead atoms. The first-order valence-electron chi connectivity index (χ1n) is 8.61. The maximum atomic E-state index is 12.3. The van der Waals surface area contributed by atoms with E-state index in [4.69, 9.17) is 9.47 Å². The van der Waals surface area contributed by atoms with E-state index in [1.165, 1.54) is 0 Å². The van der Waals surface area contributed by atoms with Crippen LogP contribution >= 0.6 is 0 Å². The Balaban J connectivity index is 2.05. The molecule has 0 unspecified atom stereocenters. The molecule has 1 heterocycles. The average molecular weight is 365 g/mol. The van der Waals surface area contributed by atoms with Crippen molar-refractivity contribution < 1.29 is 19.1 Å². The minimum Gasteiger partial charge on any atom is -0.462 e. The summed E-state index contributed by atoms with van der Waals surface area (Å²) in [5, 5.41) is 8.15. The van der Waals surface area contributed by atoms with Crippen molar-refractivity contribution in [2.24, 2.45) is 0 Å². The van der Waals surface area contributed by atoms with Crippen molar-refractivity contribution in [1.82, 2.24) is 15.0 Å². The molecular weight excluding hydrogens is 346 g/mol. The molecular formula is C20H19N3O4. The van der Waals surface area contributed by atoms with Gasteiger partial charge in [-0.05, 0) is 38.1 Å². The van der Waals surface area contributed by atoms with Crippen LogP contribution in [0.25, 0.3) is 16.9 Å². The van der Waals surface area contributed by atoms with E-state index >= 15 is 0 Å². The van der Waals surface area contributed by atoms with Crippen molar-refractivity contribution in [2.75, 3.05) is 13.2 Å². The van der Waals surface area contributed by atoms with Gasteiger partial charge in [0.05, 0.1) is 24.5 Å². The van der Waals surface area contributed by atoms with Crippen LogP contribution in [0.4, 0.5) is 0 Å². The number of esters is 2. The van der Waals surface area contributed by atoms with E-state index in [1.54, 1.807) is 42.8 Å². The lowest BCUT2D eigenvalue weighted by Gasteiger charge is -2.09. The maximum Gasteiger partial charge on any atom is 0.361 e. The Bertz CT molecular complexity index is 934. The van der Waals surface area contributed by atoms with Crippen LogP contribution in [0.3, 0.4) is 0 Å². The van der Waals surface area contributed by atoms with Gasteiger partial charge >= 0.3 is 11.9 Å². The third-order valence-electron chi connectivity index (χ3n) is 3.81. The number of aromatic nitrogens is 3. The van der Waals surface area contributed by atoms with Crippen LogP contribution in [0.15, 0.2) is 54.6 Å². The van der Waals surface area contributed by atoms with Crippen LogP contribution in [0.5, 0.6) is 0 Å². The molecule has 7 nitrogen and oxygen atoms in total. The fraction of sp³-hybridized carbons (Fsp3) is 0.200. The smallest absolute Gasteiger partial charge is 0.361 e. The highest BCUT2D eigenvalue weighted by Crippen LogP contribution is 2.26. The number of nitrogens with zero attached hydrogens (tertiary/aromatic N) is 3. The van der Waals surface area contributed by atoms with Crippen molar-refractivity contribution in [3.8, 4) is 16.9 Å². The highest BCUT2D eigenvalue weighted by molar-refractivity contribution is 5.94. The van der Waals surface area contributed by atoms with Gasteiger partial charge < -0.3 is 9.47 Å². The molecule has 0 aliphatic heterocycles. The molecule has 0 atom stereocenters. The zero-order chi connectivity index (χ0) is 19.2. The second-order valence-electron chi connectivity index (χ2n) is 5.55. The molecule has 7 heteroatoms. The minimum absolute atomic E-state index is 0.137. The maximum absolute atomic E-state index is 12.3. The van der Waals surface area contributed by atoms with E-state index in [9.17, 15) is 9.59 Å². The Morgan fingerprint density at radius 1 is 0.889 bits per heavy atom. The lowest BCUT2D eigenvalue weighted by molar-refractivity contribution is 0.0513. The Morgan fingerprint density at radius 3 is 2.15 bits per heavy atom. The van der Waals surface area contributed by atoms with Crippen LogP contribution in [0.1, 0.15) is 34.7 Å². The number of ether oxygens (including phenoxy) is 2. The lowest BCUT2D eigenvalue weighted by atomic mass is 10.1. The van der Waals surface area contributed by atoms with E-state index < -0.39 is 11.9 Å². The topological polar surface area (TPSA) is 83.3 Å². The van der Waals surface area contributed by atoms with Gasteiger partial charge in [0.1, 0.15) is 5.69 Å². The molecule has 27 heavy (non-hydrogen) atoms. The molecule has 3 rings (SSSR count). The van der Waals surface area contributed by atoms with Gasteiger partial charge in [-0.3, -0.25) is 0 Å². The summed E-state index contributed by atoms with van der Waals surface area (Å²) >= 11 is 0. The number of carbonyl (C=O) groups excluding carboxylic acids is 2. The molecule has 0 fully saturated rings. The number of hydrogen-bond donors (Lipinski definition) is 0. The second-order valence-corrected chi connectivity index (χ2v) is 5.55. The Kier molecular flexibility index (Phi) is 5.61. The predicted molar refractivity (Wildman–Crippen MR) is 98.7 cm³/mol. The molecule has 0 saturated heterocycles. The minimum atomic E-state index is -0.536. The van der Waals surface area contributed by atoms with Crippen molar-refractivity contribution in [3.05, 3.63) is 65.9 Å². The fourth-order valence-corrected chi connectivity index (χ4v) is 2.61. The summed E-state index contributed by atoms with van der Waals surface area (Å²) < 4.78 is 11.6. The van der Waals surface area contributed by atoms with E-state index in [0.717, 1.165) is 5.56 Å². The van der Waals surface area contributed by atoms with Crippen molar-refractivity contribution in [1.29, 1.82) is 0 Å². The largest absolute Gasteiger partial charge is 0.462 e. The number of rotatable bonds is 6. The first-order chi connectivity index (χ1) is 13.2. The lowest BCUT2D eigenvalue weighted by Crippen LogP contribution is -2.08. The predicted octanol–water partition coefficient (Wildman–Crippen LogP) is 3.29. The van der Waals surface area contributed by atoms with Gasteiger partial charge in [-0.2, -0.15) is 0 Å². The van der Waals surface area contributed by atoms with Gasteiger partial charge in [0.15, 0.2) is 5.69 Å². The van der Waals surface area contributed by atoms with Gasteiger partial charge in [0.25, 0.3) is 0 Å². The van der Waals surface area contributed by atoms with Crippen molar-refractivity contribution in [2.45, 2.75) is 13.8 Å². The highest BCUT2D eigenvalue weighted by Gasteiger charge is 2.23. The fourth-order valence-electron chi connectivity index (χ4n) is 2.61. The normalized spacial score (nSPS) is 10.4. The van der Waals surface area contributed by atoms with Gasteiger partial charge in [0, 0.05) is 5.56 Å². The Hall–Kier alpha value is -3.48. The van der Waals surface area contributed by atoms with E-state index in [0.29, 0.717) is 23.6 Å². The summed E-state index contributed by atoms with van der Waals surface area (Å²) in [7, 11) is 0. The molecule has 0 saturated carbocycles. The third-order valence-corrected chi connectivity index (χ3v) is 3.81. The molecule has 0 aliphatic rings. The van der Waals surface area contributed by atoms with Crippen LogP contribution in [0, 0.1) is 0 Å². The summed E-state index contributed by atoms with van der Waals surface area (Å²) in [5.74, 6) is -0.927. The van der Waals surface area contributed by atoms with Gasteiger partial charge in [-0.25, -0.2) is 14.3 Å². The monoisotopic (exact) mass is 365 g/mol. The van der Waals surface area contributed by atoms with Gasteiger partial charge in [-0.15, -0.1) is 5.10 Å². The molecule has 1 aromatic heterocycles. The van der Waals surface area contributed by atoms with Crippen molar-refractivity contribution >= 4 is 11.9 Å². The van der Waals surface area contributed by atoms with E-state index in [1.807, 2.05) is 30.3 Å². The summed E-state index contributed by atoms with van der Waals surface area (Å²) in [6.45, 7) is 4.04. The van der Waals surface area contributed by atoms with Gasteiger partial charge in [0.2, 0.25) is 0 Å². The zero-order valence-electron chi connectivity index (χ0n) is 15.1. The third kappa shape index (κ3) is 3.87. The standard InChI is InChI=1S/C20H19N3O4/c1-3-26-19(24)15-10-12-16(13-11-15)23-18(14-8-6-5-7-9-14)17(21-22-23)20(25)27-4-2/h5-13H,3-4H2,1-2H3. The molecule has 3 aromatic rings. The first kappa shape index (κ1) is 18.3. The van der Waals surface area contributed by atoms with Crippen LogP contribution < -0.4 is 0 Å². The Morgan fingerprint density at radius 2 is 1.52 bits per heavy atom.